The maximum atomic E-state index is 13.5. The third kappa shape index (κ3) is 4.24. The predicted molar refractivity (Wildman–Crippen MR) is 115 cm³/mol. The van der Waals surface area contributed by atoms with E-state index in [0.717, 1.165) is 37.3 Å². The molecule has 0 saturated heterocycles. The minimum Gasteiger partial charge on any atom is -0.347 e. The van der Waals surface area contributed by atoms with Crippen LogP contribution in [0.3, 0.4) is 0 Å². The normalized spacial score (nSPS) is 16.4. The molecule has 0 aliphatic carbocycles. The third-order valence-electron chi connectivity index (χ3n) is 5.65. The van der Waals surface area contributed by atoms with Crippen LogP contribution in [0.4, 0.5) is 4.39 Å². The zero-order chi connectivity index (χ0) is 21.2. The summed E-state index contributed by atoms with van der Waals surface area (Å²) < 4.78 is 19.1. The lowest BCUT2D eigenvalue weighted by atomic mass is 10.0. The van der Waals surface area contributed by atoms with Crippen molar-refractivity contribution >= 4 is 11.6 Å². The van der Waals surface area contributed by atoms with Gasteiger partial charge in [-0.15, -0.1) is 0 Å². The molecule has 0 fully saturated rings. The van der Waals surface area contributed by atoms with Gasteiger partial charge >= 0.3 is 0 Å². The Kier molecular flexibility index (Phi) is 5.53. The zero-order valence-electron chi connectivity index (χ0n) is 16.8. The molecule has 0 bridgehead atoms. The molecule has 3 heterocycles. The summed E-state index contributed by atoms with van der Waals surface area (Å²) in [7, 11) is 0. The highest BCUT2D eigenvalue weighted by Gasteiger charge is 2.32. The van der Waals surface area contributed by atoms with Crippen LogP contribution in [0.25, 0.3) is 11.4 Å². The Hall–Kier alpha value is -3.03. The fraction of sp³-hybridized carbons (Fsp3) is 0.261. The minimum absolute atomic E-state index is 0.0326. The maximum absolute atomic E-state index is 13.5. The van der Waals surface area contributed by atoms with Crippen LogP contribution in [-0.2, 0) is 19.4 Å². The number of aromatic nitrogens is 4. The van der Waals surface area contributed by atoms with Gasteiger partial charge in [-0.1, -0.05) is 47.1 Å². The summed E-state index contributed by atoms with van der Waals surface area (Å²) in [4.78, 5) is 14.6. The number of hydrogen-bond acceptors (Lipinski definition) is 5. The SMILES string of the molecule is Fc1ccc(-c2noc(C3Cc4nc[nH]c4CN3CCCc3ccccc3)n2)cc1Cl. The van der Waals surface area contributed by atoms with Crippen molar-refractivity contribution in [1.82, 2.24) is 25.0 Å². The molecule has 0 radical (unpaired) electrons. The number of hydrogen-bond donors (Lipinski definition) is 1. The van der Waals surface area contributed by atoms with Crippen LogP contribution in [0.2, 0.25) is 5.02 Å². The number of aromatic amines is 1. The molecular formula is C23H21ClFN5O. The van der Waals surface area contributed by atoms with Crippen LogP contribution in [0.1, 0.15) is 35.3 Å². The van der Waals surface area contributed by atoms with Crippen molar-refractivity contribution in [3.8, 4) is 11.4 Å². The third-order valence-corrected chi connectivity index (χ3v) is 5.94. The number of halogens is 2. The summed E-state index contributed by atoms with van der Waals surface area (Å²) >= 11 is 5.91. The van der Waals surface area contributed by atoms with Gasteiger partial charge in [-0.25, -0.2) is 9.37 Å². The monoisotopic (exact) mass is 437 g/mol. The topological polar surface area (TPSA) is 70.8 Å². The molecule has 1 N–H and O–H groups in total. The molecule has 1 aliphatic heterocycles. The fourth-order valence-electron chi connectivity index (χ4n) is 4.02. The van der Waals surface area contributed by atoms with E-state index in [9.17, 15) is 4.39 Å². The number of imidazole rings is 1. The molecule has 0 saturated carbocycles. The number of H-pyrrole nitrogens is 1. The van der Waals surface area contributed by atoms with Crippen LogP contribution in [0.15, 0.2) is 59.4 Å². The molecule has 0 spiro atoms. The van der Waals surface area contributed by atoms with E-state index in [1.54, 1.807) is 12.4 Å². The highest BCUT2D eigenvalue weighted by molar-refractivity contribution is 6.31. The van der Waals surface area contributed by atoms with Gasteiger partial charge in [0.25, 0.3) is 0 Å². The molecule has 1 unspecified atom stereocenters. The van der Waals surface area contributed by atoms with E-state index in [2.05, 4.69) is 49.3 Å². The Bertz CT molecular complexity index is 1180. The molecule has 8 heteroatoms. The van der Waals surface area contributed by atoms with Crippen molar-refractivity contribution in [2.24, 2.45) is 0 Å². The van der Waals surface area contributed by atoms with E-state index >= 15 is 0 Å². The standard InChI is InChI=1S/C23H21ClFN5O/c24-17-11-16(8-9-18(17)25)22-28-23(31-29-22)21-12-19-20(27-14-26-19)13-30(21)10-4-7-15-5-2-1-3-6-15/h1-3,5-6,8-9,11,14,21H,4,7,10,12-13H2,(H,26,27). The van der Waals surface area contributed by atoms with E-state index in [-0.39, 0.29) is 11.1 Å². The van der Waals surface area contributed by atoms with E-state index in [4.69, 9.17) is 16.1 Å². The van der Waals surface area contributed by atoms with Gasteiger partial charge in [0.15, 0.2) is 0 Å². The van der Waals surface area contributed by atoms with Crippen molar-refractivity contribution < 1.29 is 8.91 Å². The number of rotatable bonds is 6. The van der Waals surface area contributed by atoms with Gasteiger partial charge in [-0.2, -0.15) is 4.98 Å². The largest absolute Gasteiger partial charge is 0.347 e. The molecule has 2 aromatic carbocycles. The van der Waals surface area contributed by atoms with E-state index in [1.807, 2.05) is 6.07 Å². The summed E-state index contributed by atoms with van der Waals surface area (Å²) in [5.41, 5.74) is 4.09. The first-order valence-electron chi connectivity index (χ1n) is 10.3. The van der Waals surface area contributed by atoms with Crippen LogP contribution in [0, 0.1) is 5.82 Å². The van der Waals surface area contributed by atoms with Gasteiger partial charge < -0.3 is 9.51 Å². The average molecular weight is 438 g/mol. The van der Waals surface area contributed by atoms with Crippen LogP contribution in [0.5, 0.6) is 0 Å². The Morgan fingerprint density at radius 2 is 2.06 bits per heavy atom. The van der Waals surface area contributed by atoms with Crippen molar-refractivity contribution in [2.75, 3.05) is 6.54 Å². The smallest absolute Gasteiger partial charge is 0.244 e. The first-order valence-corrected chi connectivity index (χ1v) is 10.6. The van der Waals surface area contributed by atoms with Gasteiger partial charge in [0.05, 0.1) is 28.8 Å². The Labute approximate surface area is 184 Å². The molecule has 2 aromatic heterocycles. The fourth-order valence-corrected chi connectivity index (χ4v) is 4.20. The Morgan fingerprint density at radius 3 is 2.90 bits per heavy atom. The lowest BCUT2D eigenvalue weighted by molar-refractivity contribution is 0.134. The summed E-state index contributed by atoms with van der Waals surface area (Å²) in [6.45, 7) is 1.63. The Balaban J connectivity index is 1.36. The van der Waals surface area contributed by atoms with Crippen LogP contribution in [-0.4, -0.2) is 31.6 Å². The van der Waals surface area contributed by atoms with Crippen molar-refractivity contribution in [1.29, 1.82) is 0 Å². The van der Waals surface area contributed by atoms with Crippen LogP contribution < -0.4 is 0 Å². The first kappa shape index (κ1) is 19.9. The molecule has 1 aliphatic rings. The first-order chi connectivity index (χ1) is 15.2. The van der Waals surface area contributed by atoms with Crippen molar-refractivity contribution in [2.45, 2.75) is 31.8 Å². The second-order valence-corrected chi connectivity index (χ2v) is 8.10. The molecule has 5 rings (SSSR count). The maximum Gasteiger partial charge on any atom is 0.244 e. The number of aryl methyl sites for hydroxylation is 1. The van der Waals surface area contributed by atoms with Gasteiger partial charge in [-0.3, -0.25) is 4.90 Å². The average Bonchev–Trinajstić information content (AvgIpc) is 3.45. The highest BCUT2D eigenvalue weighted by atomic mass is 35.5. The molecule has 6 nitrogen and oxygen atoms in total. The lowest BCUT2D eigenvalue weighted by Crippen LogP contribution is -2.35. The molecule has 158 valence electrons. The highest BCUT2D eigenvalue weighted by Crippen LogP contribution is 2.32. The van der Waals surface area contributed by atoms with Gasteiger partial charge in [0.2, 0.25) is 11.7 Å². The van der Waals surface area contributed by atoms with Crippen LogP contribution >= 0.6 is 11.6 Å². The molecule has 4 aromatic rings. The second-order valence-electron chi connectivity index (χ2n) is 7.69. The lowest BCUT2D eigenvalue weighted by Gasteiger charge is -2.32. The Morgan fingerprint density at radius 1 is 1.19 bits per heavy atom. The number of nitrogens with one attached hydrogen (secondary N) is 1. The van der Waals surface area contributed by atoms with Gasteiger partial charge in [0, 0.05) is 18.5 Å². The van der Waals surface area contributed by atoms with Gasteiger partial charge in [0.1, 0.15) is 5.82 Å². The number of fused-ring (bicyclic) bond motifs is 1. The second kappa shape index (κ2) is 8.61. The molecule has 31 heavy (non-hydrogen) atoms. The molecule has 1 atom stereocenters. The summed E-state index contributed by atoms with van der Waals surface area (Å²) in [5.74, 6) is 0.454. The predicted octanol–water partition coefficient (Wildman–Crippen LogP) is 4.98. The zero-order valence-corrected chi connectivity index (χ0v) is 17.5. The van der Waals surface area contributed by atoms with Crippen molar-refractivity contribution in [3.05, 3.63) is 88.5 Å². The molecule has 0 amide bonds. The summed E-state index contributed by atoms with van der Waals surface area (Å²) in [6.07, 6.45) is 4.44. The van der Waals surface area contributed by atoms with E-state index < -0.39 is 5.82 Å². The summed E-state index contributed by atoms with van der Waals surface area (Å²) in [6, 6.07) is 14.8. The quantitative estimate of drug-likeness (QED) is 0.460. The van der Waals surface area contributed by atoms with E-state index in [0.29, 0.717) is 23.7 Å². The minimum atomic E-state index is -0.475. The van der Waals surface area contributed by atoms with Gasteiger partial charge in [-0.05, 0) is 43.1 Å². The van der Waals surface area contributed by atoms with Crippen molar-refractivity contribution in [3.63, 3.8) is 0 Å². The number of benzene rings is 2. The number of nitrogens with zero attached hydrogens (tertiary/aromatic N) is 4. The summed E-state index contributed by atoms with van der Waals surface area (Å²) in [5, 5.41) is 4.15. The molecular weight excluding hydrogens is 417 g/mol. The van der Waals surface area contributed by atoms with E-state index in [1.165, 1.54) is 17.7 Å².